The third-order valence-electron chi connectivity index (χ3n) is 4.57. The number of likely N-dealkylation sites (tertiary alicyclic amines) is 1. The zero-order valence-electron chi connectivity index (χ0n) is 12.5. The van der Waals surface area contributed by atoms with Gasteiger partial charge < -0.3 is 20.6 Å². The second-order valence-electron chi connectivity index (χ2n) is 6.26. The summed E-state index contributed by atoms with van der Waals surface area (Å²) >= 11 is 0. The second-order valence-corrected chi connectivity index (χ2v) is 6.26. The molecule has 2 aliphatic heterocycles. The number of fused-ring (bicyclic) bond motifs is 1. The van der Waals surface area contributed by atoms with Crippen molar-refractivity contribution in [3.05, 3.63) is 34.9 Å². The lowest BCUT2D eigenvalue weighted by Crippen LogP contribution is -2.38. The number of likely N-dealkylation sites (N-methyl/N-ethyl adjacent to an activating group) is 1. The minimum Gasteiger partial charge on any atom is -0.394 e. The van der Waals surface area contributed by atoms with Gasteiger partial charge in [-0.25, -0.2) is 0 Å². The molecule has 1 aromatic carbocycles. The number of carbonyl (C=O) groups excluding carboxylic acids is 1. The fraction of sp³-hybridized carbons (Fsp3) is 0.562. The number of aliphatic hydroxyl groups excluding tert-OH is 1. The molecule has 0 aliphatic carbocycles. The van der Waals surface area contributed by atoms with Crippen molar-refractivity contribution < 1.29 is 9.90 Å². The smallest absolute Gasteiger partial charge is 0.254 e. The van der Waals surface area contributed by atoms with Crippen LogP contribution in [0.5, 0.6) is 0 Å². The molecule has 5 heteroatoms. The van der Waals surface area contributed by atoms with Crippen molar-refractivity contribution in [3.63, 3.8) is 0 Å². The Hall–Kier alpha value is -1.43. The van der Waals surface area contributed by atoms with Crippen LogP contribution in [0.25, 0.3) is 0 Å². The Balaban J connectivity index is 1.82. The van der Waals surface area contributed by atoms with Crippen molar-refractivity contribution in [3.8, 4) is 0 Å². The number of rotatable bonds is 2. The van der Waals surface area contributed by atoms with Crippen LogP contribution in [0.1, 0.15) is 27.9 Å². The molecule has 5 nitrogen and oxygen atoms in total. The summed E-state index contributed by atoms with van der Waals surface area (Å²) in [6.45, 7) is 2.48. The lowest BCUT2D eigenvalue weighted by atomic mass is 9.97. The molecule has 21 heavy (non-hydrogen) atoms. The van der Waals surface area contributed by atoms with Gasteiger partial charge in [0.25, 0.3) is 5.91 Å². The molecule has 0 spiro atoms. The normalized spacial score (nSPS) is 26.0. The van der Waals surface area contributed by atoms with Gasteiger partial charge in [0.05, 0.1) is 12.6 Å². The van der Waals surface area contributed by atoms with Crippen LogP contribution in [0.4, 0.5) is 0 Å². The first kappa shape index (κ1) is 14.5. The highest BCUT2D eigenvalue weighted by molar-refractivity contribution is 5.95. The van der Waals surface area contributed by atoms with E-state index < -0.39 is 0 Å². The molecule has 2 unspecified atom stereocenters. The van der Waals surface area contributed by atoms with Gasteiger partial charge in [0, 0.05) is 31.2 Å². The SMILES string of the molecule is CN1CCc2cc(C(=O)N3CC(N)CC3CO)ccc2C1. The first-order chi connectivity index (χ1) is 10.1. The van der Waals surface area contributed by atoms with Gasteiger partial charge in [-0.15, -0.1) is 0 Å². The number of amides is 1. The van der Waals surface area contributed by atoms with E-state index in [0.29, 0.717) is 18.5 Å². The Morgan fingerprint density at radius 2 is 2.24 bits per heavy atom. The van der Waals surface area contributed by atoms with Crippen LogP contribution in [-0.4, -0.2) is 59.6 Å². The largest absolute Gasteiger partial charge is 0.394 e. The number of aliphatic hydroxyl groups is 1. The van der Waals surface area contributed by atoms with E-state index in [1.165, 1.54) is 11.1 Å². The number of nitrogens with two attached hydrogens (primary N) is 1. The van der Waals surface area contributed by atoms with Crippen LogP contribution >= 0.6 is 0 Å². The second kappa shape index (κ2) is 5.75. The molecule has 1 saturated heterocycles. The molecule has 1 aromatic rings. The van der Waals surface area contributed by atoms with Crippen molar-refractivity contribution in [1.29, 1.82) is 0 Å². The molecule has 1 amide bonds. The highest BCUT2D eigenvalue weighted by Crippen LogP contribution is 2.23. The molecule has 3 rings (SSSR count). The number of hydrogen-bond acceptors (Lipinski definition) is 4. The molecule has 2 heterocycles. The standard InChI is InChI=1S/C16H23N3O2/c1-18-5-4-11-6-12(2-3-13(11)8-18)16(21)19-9-14(17)7-15(19)10-20/h2-3,6,14-15,20H,4-5,7-10,17H2,1H3. The number of benzene rings is 1. The first-order valence-electron chi connectivity index (χ1n) is 7.56. The fourth-order valence-corrected chi connectivity index (χ4v) is 3.37. The van der Waals surface area contributed by atoms with Crippen LogP contribution in [0.3, 0.4) is 0 Å². The number of carbonyl (C=O) groups is 1. The van der Waals surface area contributed by atoms with Crippen molar-refractivity contribution in [1.82, 2.24) is 9.80 Å². The van der Waals surface area contributed by atoms with Gasteiger partial charge in [-0.05, 0) is 43.1 Å². The van der Waals surface area contributed by atoms with Crippen molar-refractivity contribution in [2.45, 2.75) is 31.5 Å². The summed E-state index contributed by atoms with van der Waals surface area (Å²) in [6.07, 6.45) is 1.66. The van der Waals surface area contributed by atoms with Crippen LogP contribution in [-0.2, 0) is 13.0 Å². The monoisotopic (exact) mass is 289 g/mol. The van der Waals surface area contributed by atoms with E-state index in [4.69, 9.17) is 5.73 Å². The van der Waals surface area contributed by atoms with Crippen molar-refractivity contribution >= 4 is 5.91 Å². The van der Waals surface area contributed by atoms with Gasteiger partial charge in [0.15, 0.2) is 0 Å². The van der Waals surface area contributed by atoms with Gasteiger partial charge in [-0.1, -0.05) is 6.07 Å². The van der Waals surface area contributed by atoms with Gasteiger partial charge in [0.2, 0.25) is 0 Å². The van der Waals surface area contributed by atoms with E-state index in [-0.39, 0.29) is 24.6 Å². The molecule has 0 bridgehead atoms. The quantitative estimate of drug-likeness (QED) is 0.816. The van der Waals surface area contributed by atoms with E-state index in [0.717, 1.165) is 19.5 Å². The van der Waals surface area contributed by atoms with E-state index in [2.05, 4.69) is 18.0 Å². The molecule has 0 saturated carbocycles. The molecule has 1 fully saturated rings. The van der Waals surface area contributed by atoms with E-state index in [9.17, 15) is 9.90 Å². The summed E-state index contributed by atoms with van der Waals surface area (Å²) in [5, 5.41) is 9.42. The minimum absolute atomic E-state index is 0.0104. The Labute approximate surface area is 125 Å². The zero-order chi connectivity index (χ0) is 15.0. The summed E-state index contributed by atoms with van der Waals surface area (Å²) in [5.74, 6) is -0.0104. The van der Waals surface area contributed by atoms with Crippen LogP contribution in [0, 0.1) is 0 Å². The van der Waals surface area contributed by atoms with Crippen LogP contribution in [0.15, 0.2) is 18.2 Å². The van der Waals surface area contributed by atoms with Gasteiger partial charge in [-0.2, -0.15) is 0 Å². The average Bonchev–Trinajstić information content (AvgIpc) is 2.87. The maximum atomic E-state index is 12.7. The fourth-order valence-electron chi connectivity index (χ4n) is 3.37. The maximum Gasteiger partial charge on any atom is 0.254 e. The molecular formula is C16H23N3O2. The van der Waals surface area contributed by atoms with Crippen molar-refractivity contribution in [2.24, 2.45) is 5.73 Å². The Bertz CT molecular complexity index is 546. The highest BCUT2D eigenvalue weighted by Gasteiger charge is 2.33. The molecule has 114 valence electrons. The van der Waals surface area contributed by atoms with E-state index in [1.54, 1.807) is 4.90 Å². The molecule has 0 aromatic heterocycles. The minimum atomic E-state index is -0.144. The third-order valence-corrected chi connectivity index (χ3v) is 4.57. The lowest BCUT2D eigenvalue weighted by Gasteiger charge is -2.27. The number of hydrogen-bond donors (Lipinski definition) is 2. The summed E-state index contributed by atoms with van der Waals surface area (Å²) in [7, 11) is 2.11. The van der Waals surface area contributed by atoms with E-state index >= 15 is 0 Å². The summed E-state index contributed by atoms with van der Waals surface area (Å²) in [5.41, 5.74) is 9.21. The zero-order valence-corrected chi connectivity index (χ0v) is 12.5. The molecule has 0 radical (unpaired) electrons. The van der Waals surface area contributed by atoms with Gasteiger partial charge in [-0.3, -0.25) is 4.79 Å². The topological polar surface area (TPSA) is 69.8 Å². The lowest BCUT2D eigenvalue weighted by molar-refractivity contribution is 0.0676. The predicted molar refractivity (Wildman–Crippen MR) is 81.0 cm³/mol. The number of nitrogens with zero attached hydrogens (tertiary/aromatic N) is 2. The molecule has 2 aliphatic rings. The molecular weight excluding hydrogens is 266 g/mol. The Kier molecular flexibility index (Phi) is 3.97. The average molecular weight is 289 g/mol. The van der Waals surface area contributed by atoms with Crippen LogP contribution < -0.4 is 5.73 Å². The Morgan fingerprint density at radius 3 is 3.00 bits per heavy atom. The maximum absolute atomic E-state index is 12.7. The third kappa shape index (κ3) is 2.81. The summed E-state index contributed by atoms with van der Waals surface area (Å²) in [6, 6.07) is 5.80. The van der Waals surface area contributed by atoms with Crippen LogP contribution in [0.2, 0.25) is 0 Å². The van der Waals surface area contributed by atoms with Gasteiger partial charge >= 0.3 is 0 Å². The molecule has 3 N–H and O–H groups in total. The van der Waals surface area contributed by atoms with Gasteiger partial charge in [0.1, 0.15) is 0 Å². The van der Waals surface area contributed by atoms with Crippen molar-refractivity contribution in [2.75, 3.05) is 26.7 Å². The highest BCUT2D eigenvalue weighted by atomic mass is 16.3. The first-order valence-corrected chi connectivity index (χ1v) is 7.56. The predicted octanol–water partition coefficient (Wildman–Crippen LogP) is 0.209. The molecule has 2 atom stereocenters. The Morgan fingerprint density at radius 1 is 1.43 bits per heavy atom. The van der Waals surface area contributed by atoms with E-state index in [1.807, 2.05) is 12.1 Å². The summed E-state index contributed by atoms with van der Waals surface area (Å²) < 4.78 is 0. The summed E-state index contributed by atoms with van der Waals surface area (Å²) in [4.78, 5) is 16.7.